The van der Waals surface area contributed by atoms with Gasteiger partial charge in [-0.3, -0.25) is 9.67 Å². The molecule has 0 fully saturated rings. The van der Waals surface area contributed by atoms with E-state index in [4.69, 9.17) is 9.47 Å². The van der Waals surface area contributed by atoms with Crippen molar-refractivity contribution in [2.24, 2.45) is 7.05 Å². The topological polar surface area (TPSA) is 49.2 Å². The molecule has 0 radical (unpaired) electrons. The molecule has 0 saturated heterocycles. The lowest BCUT2D eigenvalue weighted by molar-refractivity contribution is 0.413. The lowest BCUT2D eigenvalue weighted by Gasteiger charge is -2.07. The molecule has 0 saturated carbocycles. The van der Waals surface area contributed by atoms with Gasteiger partial charge in [0.2, 0.25) is 0 Å². The molecule has 0 bridgehead atoms. The van der Waals surface area contributed by atoms with E-state index < -0.39 is 0 Å². The maximum absolute atomic E-state index is 5.82. The van der Waals surface area contributed by atoms with E-state index in [1.807, 2.05) is 49.6 Å². The highest BCUT2D eigenvalue weighted by atomic mass is 16.5. The molecule has 0 spiro atoms. The largest absolute Gasteiger partial charge is 0.497 e. The fraction of sp³-hybridized carbons (Fsp3) is 0.125. The van der Waals surface area contributed by atoms with Crippen molar-refractivity contribution in [2.75, 3.05) is 7.11 Å². The molecule has 0 N–H and O–H groups in total. The summed E-state index contributed by atoms with van der Waals surface area (Å²) in [6.45, 7) is 0. The molecule has 0 aliphatic heterocycles. The van der Waals surface area contributed by atoms with E-state index in [-0.39, 0.29) is 0 Å². The van der Waals surface area contributed by atoms with Crippen molar-refractivity contribution in [1.82, 2.24) is 14.8 Å². The maximum atomic E-state index is 5.82. The molecule has 5 nitrogen and oxygen atoms in total. The number of aryl methyl sites for hydroxylation is 1. The Morgan fingerprint density at radius 3 is 2.43 bits per heavy atom. The van der Waals surface area contributed by atoms with Crippen LogP contribution in [0.3, 0.4) is 0 Å². The van der Waals surface area contributed by atoms with Gasteiger partial charge in [0.1, 0.15) is 17.2 Å². The Labute approximate surface area is 122 Å². The number of hydrogen-bond acceptors (Lipinski definition) is 4. The van der Waals surface area contributed by atoms with Gasteiger partial charge < -0.3 is 9.47 Å². The van der Waals surface area contributed by atoms with Crippen LogP contribution in [0.4, 0.5) is 0 Å². The van der Waals surface area contributed by atoms with Crippen molar-refractivity contribution >= 4 is 0 Å². The Balaban J connectivity index is 1.82. The lowest BCUT2D eigenvalue weighted by atomic mass is 10.2. The molecule has 0 aliphatic carbocycles. The second-order valence-electron chi connectivity index (χ2n) is 4.56. The van der Waals surface area contributed by atoms with Gasteiger partial charge in [-0.25, -0.2) is 0 Å². The van der Waals surface area contributed by atoms with Crippen LogP contribution in [0.25, 0.3) is 11.3 Å². The second-order valence-corrected chi connectivity index (χ2v) is 4.56. The fourth-order valence-electron chi connectivity index (χ4n) is 1.97. The number of ether oxygens (including phenoxy) is 2. The van der Waals surface area contributed by atoms with Crippen LogP contribution in [0, 0.1) is 0 Å². The summed E-state index contributed by atoms with van der Waals surface area (Å²) in [5, 5.41) is 4.15. The molecule has 2 aromatic heterocycles. The predicted molar refractivity (Wildman–Crippen MR) is 79.5 cm³/mol. The zero-order chi connectivity index (χ0) is 14.7. The van der Waals surface area contributed by atoms with E-state index in [1.54, 1.807) is 24.2 Å². The van der Waals surface area contributed by atoms with Gasteiger partial charge in [0, 0.05) is 31.1 Å². The van der Waals surface area contributed by atoms with E-state index in [1.165, 1.54) is 0 Å². The number of benzene rings is 1. The number of pyridine rings is 1. The number of methoxy groups -OCH3 is 1. The number of hydrogen-bond donors (Lipinski definition) is 0. The monoisotopic (exact) mass is 281 g/mol. The third-order valence-corrected chi connectivity index (χ3v) is 3.03. The summed E-state index contributed by atoms with van der Waals surface area (Å²) in [4.78, 5) is 4.34. The molecule has 0 atom stereocenters. The second kappa shape index (κ2) is 5.66. The molecule has 0 amide bonds. The Hall–Kier alpha value is -2.82. The minimum Gasteiger partial charge on any atom is -0.497 e. The Kier molecular flexibility index (Phi) is 3.55. The van der Waals surface area contributed by atoms with Crippen molar-refractivity contribution in [3.8, 4) is 28.5 Å². The standard InChI is InChI=1S/C16H15N3O2/c1-19-11-12(10-18-19)16-9-15(7-8-17-16)21-14-5-3-13(20-2)4-6-14/h3-11H,1-2H3. The molecular weight excluding hydrogens is 266 g/mol. The van der Waals surface area contributed by atoms with Crippen molar-refractivity contribution in [1.29, 1.82) is 0 Å². The molecule has 21 heavy (non-hydrogen) atoms. The smallest absolute Gasteiger partial charge is 0.131 e. The van der Waals surface area contributed by atoms with E-state index in [0.717, 1.165) is 28.5 Å². The minimum absolute atomic E-state index is 0.731. The van der Waals surface area contributed by atoms with Crippen molar-refractivity contribution < 1.29 is 9.47 Å². The lowest BCUT2D eigenvalue weighted by Crippen LogP contribution is -1.88. The summed E-state index contributed by atoms with van der Waals surface area (Å²) < 4.78 is 12.7. The van der Waals surface area contributed by atoms with E-state index in [2.05, 4.69) is 10.1 Å². The molecule has 0 unspecified atom stereocenters. The van der Waals surface area contributed by atoms with Crippen LogP contribution in [0.2, 0.25) is 0 Å². The number of aromatic nitrogens is 3. The summed E-state index contributed by atoms with van der Waals surface area (Å²) in [5.74, 6) is 2.28. The molecule has 5 heteroatoms. The van der Waals surface area contributed by atoms with Crippen LogP contribution in [-0.4, -0.2) is 21.9 Å². The average Bonchev–Trinajstić information content (AvgIpc) is 2.95. The zero-order valence-electron chi connectivity index (χ0n) is 11.9. The number of nitrogens with zero attached hydrogens (tertiary/aromatic N) is 3. The molecular formula is C16H15N3O2. The first-order valence-electron chi connectivity index (χ1n) is 6.51. The van der Waals surface area contributed by atoms with Crippen LogP contribution >= 0.6 is 0 Å². The fourth-order valence-corrected chi connectivity index (χ4v) is 1.97. The summed E-state index contributed by atoms with van der Waals surface area (Å²) in [7, 11) is 3.51. The van der Waals surface area contributed by atoms with Crippen molar-refractivity contribution in [2.45, 2.75) is 0 Å². The normalized spacial score (nSPS) is 10.4. The summed E-state index contributed by atoms with van der Waals surface area (Å²) in [6.07, 6.45) is 5.42. The summed E-state index contributed by atoms with van der Waals surface area (Å²) in [6, 6.07) is 11.2. The molecule has 2 heterocycles. The van der Waals surface area contributed by atoms with Crippen LogP contribution in [0.15, 0.2) is 55.0 Å². The van der Waals surface area contributed by atoms with E-state index in [0.29, 0.717) is 0 Å². The average molecular weight is 281 g/mol. The van der Waals surface area contributed by atoms with Gasteiger partial charge in [0.15, 0.2) is 0 Å². The molecule has 0 aliphatic rings. The van der Waals surface area contributed by atoms with Crippen LogP contribution in [0.5, 0.6) is 17.2 Å². The first-order valence-corrected chi connectivity index (χ1v) is 6.51. The molecule has 3 rings (SSSR count). The molecule has 1 aromatic carbocycles. The van der Waals surface area contributed by atoms with Crippen LogP contribution in [0.1, 0.15) is 0 Å². The van der Waals surface area contributed by atoms with Gasteiger partial charge in [-0.1, -0.05) is 0 Å². The molecule has 106 valence electrons. The van der Waals surface area contributed by atoms with Gasteiger partial charge in [0.25, 0.3) is 0 Å². The Bertz CT molecular complexity index is 735. The number of rotatable bonds is 4. The quantitative estimate of drug-likeness (QED) is 0.736. The third-order valence-electron chi connectivity index (χ3n) is 3.03. The van der Waals surface area contributed by atoms with E-state index >= 15 is 0 Å². The van der Waals surface area contributed by atoms with Crippen molar-refractivity contribution in [3.05, 3.63) is 55.0 Å². The first-order chi connectivity index (χ1) is 10.2. The minimum atomic E-state index is 0.731. The predicted octanol–water partition coefficient (Wildman–Crippen LogP) is 3.28. The Morgan fingerprint density at radius 2 is 1.76 bits per heavy atom. The SMILES string of the molecule is COc1ccc(Oc2ccnc(-c3cnn(C)c3)c2)cc1. The van der Waals surface area contributed by atoms with Gasteiger partial charge in [-0.05, 0) is 30.3 Å². The maximum Gasteiger partial charge on any atom is 0.131 e. The van der Waals surface area contributed by atoms with Gasteiger partial charge in [0.05, 0.1) is 19.0 Å². The highest BCUT2D eigenvalue weighted by molar-refractivity contribution is 5.58. The third kappa shape index (κ3) is 3.02. The van der Waals surface area contributed by atoms with Crippen LogP contribution < -0.4 is 9.47 Å². The van der Waals surface area contributed by atoms with Crippen LogP contribution in [-0.2, 0) is 7.05 Å². The van der Waals surface area contributed by atoms with Gasteiger partial charge >= 0.3 is 0 Å². The van der Waals surface area contributed by atoms with Crippen molar-refractivity contribution in [3.63, 3.8) is 0 Å². The van der Waals surface area contributed by atoms with Gasteiger partial charge in [-0.2, -0.15) is 5.10 Å². The van der Waals surface area contributed by atoms with Gasteiger partial charge in [-0.15, -0.1) is 0 Å². The highest BCUT2D eigenvalue weighted by Crippen LogP contribution is 2.26. The summed E-state index contributed by atoms with van der Waals surface area (Å²) >= 11 is 0. The zero-order valence-corrected chi connectivity index (χ0v) is 11.9. The first kappa shape index (κ1) is 13.2. The Morgan fingerprint density at radius 1 is 1.00 bits per heavy atom. The highest BCUT2D eigenvalue weighted by Gasteiger charge is 2.05. The van der Waals surface area contributed by atoms with E-state index in [9.17, 15) is 0 Å². The summed E-state index contributed by atoms with van der Waals surface area (Å²) in [5.41, 5.74) is 1.78. The molecule has 3 aromatic rings.